The molecular weight excluding hydrogens is 463 g/mol. The highest BCUT2D eigenvalue weighted by molar-refractivity contribution is 5.58. The van der Waals surface area contributed by atoms with Gasteiger partial charge in [-0.25, -0.2) is 4.39 Å². The summed E-state index contributed by atoms with van der Waals surface area (Å²) in [6.07, 6.45) is 14.2. The second-order valence-electron chi connectivity index (χ2n) is 11.7. The molecule has 4 atom stereocenters. The van der Waals surface area contributed by atoms with Gasteiger partial charge < -0.3 is 0 Å². The van der Waals surface area contributed by atoms with Gasteiger partial charge in [-0.1, -0.05) is 105 Å². The van der Waals surface area contributed by atoms with E-state index in [2.05, 4.69) is 104 Å². The van der Waals surface area contributed by atoms with Crippen LogP contribution in [0.25, 0.3) is 6.08 Å². The Morgan fingerprint density at radius 2 is 1.74 bits per heavy atom. The summed E-state index contributed by atoms with van der Waals surface area (Å²) in [6.45, 7) is 22.7. The number of halogens is 1. The Morgan fingerprint density at radius 3 is 2.29 bits per heavy atom. The van der Waals surface area contributed by atoms with E-state index in [1.54, 1.807) is 0 Å². The van der Waals surface area contributed by atoms with E-state index in [9.17, 15) is 4.39 Å². The molecule has 0 aliphatic heterocycles. The topological polar surface area (TPSA) is 0 Å². The van der Waals surface area contributed by atoms with Crippen molar-refractivity contribution in [3.8, 4) is 0 Å². The molecule has 0 N–H and O–H groups in total. The normalized spacial score (nSPS) is 26.3. The predicted molar refractivity (Wildman–Crippen MR) is 165 cm³/mol. The van der Waals surface area contributed by atoms with Gasteiger partial charge in [-0.15, -0.1) is 0 Å². The molecule has 0 amide bonds. The van der Waals surface area contributed by atoms with Crippen molar-refractivity contribution in [3.05, 3.63) is 124 Å². The Kier molecular flexibility index (Phi) is 9.58. The smallest absolute Gasteiger partial charge is 0.123 e. The molecule has 0 bridgehead atoms. The molecule has 1 heteroatoms. The first-order valence-corrected chi connectivity index (χ1v) is 14.2. The average Bonchev–Trinajstić information content (AvgIpc) is 2.91. The molecule has 0 nitrogen and oxygen atoms in total. The summed E-state index contributed by atoms with van der Waals surface area (Å²) in [5, 5.41) is 0. The molecule has 202 valence electrons. The van der Waals surface area contributed by atoms with E-state index in [-0.39, 0.29) is 16.6 Å². The number of benzene rings is 2. The summed E-state index contributed by atoms with van der Waals surface area (Å²) in [4.78, 5) is 0. The SMILES string of the molecule is C=CC(/C=C/c1ccc(F)cc1)=C(C)\C(=C/C)C1(/C(C)=C\C)CCC(C)(C(C)c2cccc(C)c2)C(C)C1. The predicted octanol–water partition coefficient (Wildman–Crippen LogP) is 11.2. The van der Waals surface area contributed by atoms with Gasteiger partial charge in [0, 0.05) is 5.41 Å². The summed E-state index contributed by atoms with van der Waals surface area (Å²) in [5.74, 6) is 0.827. The van der Waals surface area contributed by atoms with Crippen molar-refractivity contribution in [2.75, 3.05) is 0 Å². The first kappa shape index (κ1) is 29.6. The third-order valence-electron chi connectivity index (χ3n) is 9.78. The molecule has 3 rings (SSSR count). The minimum atomic E-state index is -0.215. The first-order chi connectivity index (χ1) is 18.0. The summed E-state index contributed by atoms with van der Waals surface area (Å²) in [7, 11) is 0. The molecular formula is C37H47F. The van der Waals surface area contributed by atoms with E-state index in [1.807, 2.05) is 24.3 Å². The maximum absolute atomic E-state index is 13.4. The highest BCUT2D eigenvalue weighted by Crippen LogP contribution is 2.60. The molecule has 1 saturated carbocycles. The van der Waals surface area contributed by atoms with E-state index < -0.39 is 0 Å². The van der Waals surface area contributed by atoms with E-state index >= 15 is 0 Å². The summed E-state index contributed by atoms with van der Waals surface area (Å²) < 4.78 is 13.4. The lowest BCUT2D eigenvalue weighted by atomic mass is 9.50. The quantitative estimate of drug-likeness (QED) is 0.245. The maximum atomic E-state index is 13.4. The summed E-state index contributed by atoms with van der Waals surface area (Å²) in [5.41, 5.74) is 9.23. The number of hydrogen-bond acceptors (Lipinski definition) is 0. The highest BCUT2D eigenvalue weighted by atomic mass is 19.1. The van der Waals surface area contributed by atoms with Crippen LogP contribution in [0.3, 0.4) is 0 Å². The lowest BCUT2D eigenvalue weighted by molar-refractivity contribution is 0.0483. The van der Waals surface area contributed by atoms with Crippen molar-refractivity contribution in [1.82, 2.24) is 0 Å². The second-order valence-corrected chi connectivity index (χ2v) is 11.7. The molecule has 0 heterocycles. The zero-order valence-corrected chi connectivity index (χ0v) is 24.9. The Hall–Kier alpha value is -2.93. The van der Waals surface area contributed by atoms with Crippen LogP contribution in [0.2, 0.25) is 0 Å². The van der Waals surface area contributed by atoms with Gasteiger partial charge in [0.25, 0.3) is 0 Å². The van der Waals surface area contributed by atoms with Crippen LogP contribution in [-0.4, -0.2) is 0 Å². The van der Waals surface area contributed by atoms with E-state index in [0.29, 0.717) is 11.8 Å². The number of allylic oxidation sites excluding steroid dienone is 8. The molecule has 1 fully saturated rings. The van der Waals surface area contributed by atoms with Gasteiger partial charge in [0.15, 0.2) is 0 Å². The van der Waals surface area contributed by atoms with Crippen LogP contribution in [0.5, 0.6) is 0 Å². The van der Waals surface area contributed by atoms with Gasteiger partial charge in [0.1, 0.15) is 5.82 Å². The first-order valence-electron chi connectivity index (χ1n) is 14.2. The van der Waals surface area contributed by atoms with Crippen LogP contribution in [0.1, 0.15) is 90.3 Å². The Bertz CT molecular complexity index is 1250. The Labute approximate surface area is 231 Å². The molecule has 0 spiro atoms. The summed E-state index contributed by atoms with van der Waals surface area (Å²) >= 11 is 0. The van der Waals surface area contributed by atoms with Crippen LogP contribution < -0.4 is 0 Å². The Morgan fingerprint density at radius 1 is 1.05 bits per heavy atom. The van der Waals surface area contributed by atoms with Crippen LogP contribution >= 0.6 is 0 Å². The van der Waals surface area contributed by atoms with Crippen molar-refractivity contribution >= 4 is 6.08 Å². The number of aryl methyl sites for hydroxylation is 1. The molecule has 0 radical (unpaired) electrons. The zero-order chi connectivity index (χ0) is 28.1. The van der Waals surface area contributed by atoms with Gasteiger partial charge in [-0.05, 0) is 111 Å². The van der Waals surface area contributed by atoms with Crippen LogP contribution in [0, 0.1) is 29.5 Å². The fourth-order valence-electron chi connectivity index (χ4n) is 6.76. The zero-order valence-electron chi connectivity index (χ0n) is 24.9. The minimum Gasteiger partial charge on any atom is -0.207 e. The van der Waals surface area contributed by atoms with Gasteiger partial charge in [0.05, 0.1) is 0 Å². The molecule has 38 heavy (non-hydrogen) atoms. The van der Waals surface area contributed by atoms with Crippen molar-refractivity contribution in [1.29, 1.82) is 0 Å². The largest absolute Gasteiger partial charge is 0.207 e. The average molecular weight is 511 g/mol. The number of hydrogen-bond donors (Lipinski definition) is 0. The lowest BCUT2D eigenvalue weighted by Gasteiger charge is -2.54. The van der Waals surface area contributed by atoms with E-state index in [0.717, 1.165) is 24.0 Å². The lowest BCUT2D eigenvalue weighted by Crippen LogP contribution is -2.43. The second kappa shape index (κ2) is 12.3. The van der Waals surface area contributed by atoms with Gasteiger partial charge in [-0.2, -0.15) is 0 Å². The van der Waals surface area contributed by atoms with E-state index in [1.165, 1.54) is 46.4 Å². The third-order valence-corrected chi connectivity index (χ3v) is 9.78. The van der Waals surface area contributed by atoms with Crippen molar-refractivity contribution < 1.29 is 4.39 Å². The van der Waals surface area contributed by atoms with Crippen LogP contribution in [-0.2, 0) is 0 Å². The van der Waals surface area contributed by atoms with Crippen molar-refractivity contribution in [2.24, 2.45) is 16.7 Å². The van der Waals surface area contributed by atoms with Crippen molar-refractivity contribution in [2.45, 2.75) is 80.6 Å². The van der Waals surface area contributed by atoms with E-state index in [4.69, 9.17) is 0 Å². The molecule has 0 aromatic heterocycles. The highest BCUT2D eigenvalue weighted by Gasteiger charge is 2.49. The van der Waals surface area contributed by atoms with Crippen molar-refractivity contribution in [3.63, 3.8) is 0 Å². The molecule has 2 aromatic carbocycles. The fourth-order valence-corrected chi connectivity index (χ4v) is 6.76. The molecule has 4 unspecified atom stereocenters. The molecule has 0 saturated heterocycles. The van der Waals surface area contributed by atoms with Crippen LogP contribution in [0.4, 0.5) is 4.39 Å². The summed E-state index contributed by atoms with van der Waals surface area (Å²) in [6, 6.07) is 15.7. The third kappa shape index (κ3) is 5.88. The van der Waals surface area contributed by atoms with Crippen LogP contribution in [0.15, 0.2) is 102 Å². The standard InChI is InChI=1S/C37H47F/c1-10-27(5)37(23-22-36(9,28(6)25-37)30(8)33-15-13-14-26(4)24-33)35(12-3)29(7)32(11-2)19-16-31-17-20-34(38)21-18-31/h10-21,24,28,30H,2,22-23,25H2,1,3-9H3/b19-16+,27-10-,32-29+,35-12+. The Balaban J connectivity index is 2.01. The molecule has 2 aromatic rings. The van der Waals surface area contributed by atoms with Gasteiger partial charge >= 0.3 is 0 Å². The monoisotopic (exact) mass is 510 g/mol. The minimum absolute atomic E-state index is 0.00316. The fraction of sp³-hybridized carbons (Fsp3) is 0.405. The van der Waals surface area contributed by atoms with Gasteiger partial charge in [-0.3, -0.25) is 0 Å². The molecule has 1 aliphatic carbocycles. The van der Waals surface area contributed by atoms with Gasteiger partial charge in [0.2, 0.25) is 0 Å². The molecule has 1 aliphatic rings. The number of rotatable bonds is 8. The maximum Gasteiger partial charge on any atom is 0.123 e.